The molecule has 0 radical (unpaired) electrons. The molecule has 1 aliphatic carbocycles. The van der Waals surface area contributed by atoms with Crippen LogP contribution in [0.4, 0.5) is 0 Å². The van der Waals surface area contributed by atoms with Gasteiger partial charge >= 0.3 is 0 Å². The van der Waals surface area contributed by atoms with Crippen LogP contribution in [0, 0.1) is 5.92 Å². The first kappa shape index (κ1) is 14.8. The Morgan fingerprint density at radius 2 is 1.73 bits per heavy atom. The molecule has 3 rings (SSSR count). The summed E-state index contributed by atoms with van der Waals surface area (Å²) in [7, 11) is 0. The van der Waals surface area contributed by atoms with Crippen LogP contribution in [0.5, 0.6) is 0 Å². The summed E-state index contributed by atoms with van der Waals surface area (Å²) in [6.07, 6.45) is 9.21. The molecule has 1 aromatic carbocycles. The molecule has 0 saturated heterocycles. The number of carbonyl (C=O) groups excluding carboxylic acids is 1. The molecule has 1 heterocycles. The van der Waals surface area contributed by atoms with E-state index in [1.807, 2.05) is 36.5 Å². The van der Waals surface area contributed by atoms with Gasteiger partial charge in [-0.05, 0) is 30.0 Å². The highest BCUT2D eigenvalue weighted by molar-refractivity contribution is 5.79. The van der Waals surface area contributed by atoms with Gasteiger partial charge < -0.3 is 5.32 Å². The van der Waals surface area contributed by atoms with Gasteiger partial charge in [-0.2, -0.15) is 0 Å². The second-order valence-corrected chi connectivity index (χ2v) is 5.97. The van der Waals surface area contributed by atoms with Gasteiger partial charge in [0.1, 0.15) is 0 Å². The van der Waals surface area contributed by atoms with Crippen molar-refractivity contribution in [3.63, 3.8) is 0 Å². The van der Waals surface area contributed by atoms with Crippen molar-refractivity contribution in [2.24, 2.45) is 5.92 Å². The van der Waals surface area contributed by atoms with Crippen LogP contribution >= 0.6 is 0 Å². The number of hydrogen-bond donors (Lipinski definition) is 1. The summed E-state index contributed by atoms with van der Waals surface area (Å²) in [6, 6.07) is 13.9. The lowest BCUT2D eigenvalue weighted by atomic mass is 9.88. The van der Waals surface area contributed by atoms with E-state index in [1.165, 1.54) is 19.3 Å². The maximum Gasteiger partial charge on any atom is 0.223 e. The minimum absolute atomic E-state index is 0.121. The highest BCUT2D eigenvalue weighted by Gasteiger charge is 2.24. The lowest BCUT2D eigenvalue weighted by molar-refractivity contribution is -0.126. The largest absolute Gasteiger partial charge is 0.345 e. The molecule has 1 fully saturated rings. The summed E-state index contributed by atoms with van der Waals surface area (Å²) in [4.78, 5) is 16.8. The number of benzene rings is 1. The lowest BCUT2D eigenvalue weighted by Crippen LogP contribution is -2.35. The Labute approximate surface area is 131 Å². The van der Waals surface area contributed by atoms with Crippen molar-refractivity contribution in [3.8, 4) is 0 Å². The van der Waals surface area contributed by atoms with E-state index in [1.54, 1.807) is 6.20 Å². The van der Waals surface area contributed by atoms with Crippen molar-refractivity contribution in [2.45, 2.75) is 38.1 Å². The molecule has 1 N–H and O–H groups in total. The van der Waals surface area contributed by atoms with E-state index in [-0.39, 0.29) is 17.9 Å². The zero-order valence-corrected chi connectivity index (χ0v) is 12.7. The average Bonchev–Trinajstić information content (AvgIpc) is 2.62. The smallest absolute Gasteiger partial charge is 0.223 e. The number of aromatic nitrogens is 1. The zero-order chi connectivity index (χ0) is 15.2. The van der Waals surface area contributed by atoms with Crippen LogP contribution in [0.1, 0.15) is 49.3 Å². The number of nitrogens with zero attached hydrogens (tertiary/aromatic N) is 1. The van der Waals surface area contributed by atoms with Gasteiger partial charge in [0.2, 0.25) is 5.91 Å². The van der Waals surface area contributed by atoms with Gasteiger partial charge in [-0.25, -0.2) is 0 Å². The summed E-state index contributed by atoms with van der Waals surface area (Å²) < 4.78 is 0. The quantitative estimate of drug-likeness (QED) is 0.930. The summed E-state index contributed by atoms with van der Waals surface area (Å²) in [5.74, 6) is 0.342. The van der Waals surface area contributed by atoms with Crippen molar-refractivity contribution < 1.29 is 4.79 Å². The molecule has 1 amide bonds. The Kier molecular flexibility index (Phi) is 4.84. The molecule has 1 aliphatic rings. The molecule has 1 saturated carbocycles. The van der Waals surface area contributed by atoms with Crippen molar-refractivity contribution in [3.05, 3.63) is 66.0 Å². The summed E-state index contributed by atoms with van der Waals surface area (Å²) >= 11 is 0. The first-order valence-corrected chi connectivity index (χ1v) is 8.10. The monoisotopic (exact) mass is 294 g/mol. The van der Waals surface area contributed by atoms with E-state index in [0.29, 0.717) is 0 Å². The Hall–Kier alpha value is -2.16. The van der Waals surface area contributed by atoms with Crippen molar-refractivity contribution in [2.75, 3.05) is 0 Å². The van der Waals surface area contributed by atoms with E-state index in [9.17, 15) is 4.79 Å². The highest BCUT2D eigenvalue weighted by atomic mass is 16.1. The van der Waals surface area contributed by atoms with Crippen LogP contribution in [-0.2, 0) is 4.79 Å². The minimum Gasteiger partial charge on any atom is -0.345 e. The first-order valence-electron chi connectivity index (χ1n) is 8.10. The van der Waals surface area contributed by atoms with E-state index in [0.717, 1.165) is 24.0 Å². The number of pyridine rings is 1. The van der Waals surface area contributed by atoms with Gasteiger partial charge in [0.05, 0.1) is 6.04 Å². The molecule has 114 valence electrons. The van der Waals surface area contributed by atoms with E-state index in [4.69, 9.17) is 0 Å². The van der Waals surface area contributed by atoms with Crippen molar-refractivity contribution in [1.29, 1.82) is 0 Å². The number of rotatable bonds is 4. The normalized spacial score (nSPS) is 16.9. The van der Waals surface area contributed by atoms with Gasteiger partial charge in [-0.1, -0.05) is 55.7 Å². The fourth-order valence-electron chi connectivity index (χ4n) is 3.18. The first-order chi connectivity index (χ1) is 10.8. The van der Waals surface area contributed by atoms with E-state index >= 15 is 0 Å². The zero-order valence-electron chi connectivity index (χ0n) is 12.7. The van der Waals surface area contributed by atoms with Gasteiger partial charge in [-0.3, -0.25) is 9.78 Å². The number of nitrogens with one attached hydrogen (secondary N) is 1. The highest BCUT2D eigenvalue weighted by Crippen LogP contribution is 2.26. The predicted octanol–water partition coefficient (Wildman–Crippen LogP) is 3.87. The van der Waals surface area contributed by atoms with Crippen LogP contribution in [0.3, 0.4) is 0 Å². The van der Waals surface area contributed by atoms with Crippen LogP contribution in [0.25, 0.3) is 0 Å². The van der Waals surface area contributed by atoms with E-state index in [2.05, 4.69) is 22.4 Å². The van der Waals surface area contributed by atoms with Crippen molar-refractivity contribution >= 4 is 5.91 Å². The van der Waals surface area contributed by atoms with Gasteiger partial charge in [0.25, 0.3) is 0 Å². The Morgan fingerprint density at radius 3 is 2.41 bits per heavy atom. The van der Waals surface area contributed by atoms with E-state index < -0.39 is 0 Å². The average molecular weight is 294 g/mol. The Balaban J connectivity index is 1.81. The molecule has 1 unspecified atom stereocenters. The maximum absolute atomic E-state index is 12.6. The van der Waals surface area contributed by atoms with Gasteiger partial charge in [0.15, 0.2) is 0 Å². The van der Waals surface area contributed by atoms with Crippen LogP contribution in [0.15, 0.2) is 54.9 Å². The molecule has 0 bridgehead atoms. The van der Waals surface area contributed by atoms with Crippen LogP contribution in [0.2, 0.25) is 0 Å². The fraction of sp³-hybridized carbons (Fsp3) is 0.368. The number of carbonyl (C=O) groups is 1. The molecule has 1 aromatic heterocycles. The van der Waals surface area contributed by atoms with Gasteiger partial charge in [-0.15, -0.1) is 0 Å². The number of hydrogen-bond acceptors (Lipinski definition) is 2. The standard InChI is InChI=1S/C19H22N2O/c22-19(16-10-5-2-6-11-16)21-18(15-8-3-1-4-9-15)17-12-7-13-20-14-17/h1,3-4,7-9,12-14,16,18H,2,5-6,10-11H2,(H,21,22). The second kappa shape index (κ2) is 7.21. The third-order valence-electron chi connectivity index (χ3n) is 4.41. The molecule has 1 atom stereocenters. The van der Waals surface area contributed by atoms with Gasteiger partial charge in [0, 0.05) is 18.3 Å². The molecule has 0 spiro atoms. The second-order valence-electron chi connectivity index (χ2n) is 5.97. The van der Waals surface area contributed by atoms with Crippen LogP contribution < -0.4 is 5.32 Å². The molecule has 2 aromatic rings. The lowest BCUT2D eigenvalue weighted by Gasteiger charge is -2.25. The molecule has 0 aliphatic heterocycles. The fourth-order valence-corrected chi connectivity index (χ4v) is 3.18. The maximum atomic E-state index is 12.6. The van der Waals surface area contributed by atoms with Crippen molar-refractivity contribution in [1.82, 2.24) is 10.3 Å². The molecule has 3 heteroatoms. The predicted molar refractivity (Wildman–Crippen MR) is 87.2 cm³/mol. The Bertz CT molecular complexity index is 552. The Morgan fingerprint density at radius 1 is 1.00 bits per heavy atom. The topological polar surface area (TPSA) is 42.0 Å². The SMILES string of the molecule is O=C(NC(c1ccccc1)c1cccnc1)C1CCCCC1. The summed E-state index contributed by atoms with van der Waals surface area (Å²) in [6.45, 7) is 0. The molecular weight excluding hydrogens is 272 g/mol. The minimum atomic E-state index is -0.121. The summed E-state index contributed by atoms with van der Waals surface area (Å²) in [5.41, 5.74) is 2.12. The molecule has 3 nitrogen and oxygen atoms in total. The third-order valence-corrected chi connectivity index (χ3v) is 4.41. The molecular formula is C19H22N2O. The third kappa shape index (κ3) is 3.53. The summed E-state index contributed by atoms with van der Waals surface area (Å²) in [5, 5.41) is 3.24. The number of amides is 1. The van der Waals surface area contributed by atoms with Crippen LogP contribution in [-0.4, -0.2) is 10.9 Å². The molecule has 22 heavy (non-hydrogen) atoms.